The SMILES string of the molecule is C=C(NNC(=O)CNC(=O)[C@@H]1COc2ccccc2O1)c1ccc(OC)cc1OC. The molecule has 0 bridgehead atoms. The van der Waals surface area contributed by atoms with Crippen LogP contribution in [0.25, 0.3) is 5.70 Å². The van der Waals surface area contributed by atoms with Gasteiger partial charge in [0.05, 0.1) is 26.5 Å². The zero-order chi connectivity index (χ0) is 21.5. The molecule has 1 heterocycles. The number of amides is 2. The monoisotopic (exact) mass is 413 g/mol. The first-order valence-electron chi connectivity index (χ1n) is 9.14. The summed E-state index contributed by atoms with van der Waals surface area (Å²) < 4.78 is 21.6. The van der Waals surface area contributed by atoms with Crippen molar-refractivity contribution in [3.63, 3.8) is 0 Å². The number of rotatable bonds is 8. The lowest BCUT2D eigenvalue weighted by atomic mass is 10.1. The quantitative estimate of drug-likeness (QED) is 0.559. The highest BCUT2D eigenvalue weighted by molar-refractivity contribution is 5.87. The van der Waals surface area contributed by atoms with E-state index in [1.54, 1.807) is 43.5 Å². The molecule has 0 aliphatic carbocycles. The number of hydrogen-bond acceptors (Lipinski definition) is 7. The molecular formula is C21H23N3O6. The molecule has 3 N–H and O–H groups in total. The summed E-state index contributed by atoms with van der Waals surface area (Å²) in [4.78, 5) is 24.3. The molecule has 0 saturated carbocycles. The van der Waals surface area contributed by atoms with Crippen LogP contribution >= 0.6 is 0 Å². The summed E-state index contributed by atoms with van der Waals surface area (Å²) in [5.41, 5.74) is 6.24. The minimum Gasteiger partial charge on any atom is -0.497 e. The van der Waals surface area contributed by atoms with Crippen molar-refractivity contribution in [3.8, 4) is 23.0 Å². The van der Waals surface area contributed by atoms with Gasteiger partial charge < -0.3 is 24.3 Å². The van der Waals surface area contributed by atoms with E-state index in [1.807, 2.05) is 6.07 Å². The zero-order valence-corrected chi connectivity index (χ0v) is 16.7. The second-order valence-corrected chi connectivity index (χ2v) is 6.30. The summed E-state index contributed by atoms with van der Waals surface area (Å²) in [7, 11) is 3.08. The molecule has 158 valence electrons. The molecule has 2 aromatic rings. The number of hydrogen-bond donors (Lipinski definition) is 3. The third-order valence-corrected chi connectivity index (χ3v) is 4.31. The van der Waals surface area contributed by atoms with Gasteiger partial charge in [-0.25, -0.2) is 0 Å². The molecule has 0 saturated heterocycles. The Kier molecular flexibility index (Phi) is 6.63. The van der Waals surface area contributed by atoms with Crippen LogP contribution in [0.1, 0.15) is 5.56 Å². The standard InChI is InChI=1S/C21H23N3O6/c1-13(15-9-8-14(27-2)10-18(15)28-3)23-24-20(25)11-22-21(26)19-12-29-16-6-4-5-7-17(16)30-19/h4-10,19,23H,1,11-12H2,2-3H3,(H,22,26)(H,24,25)/t19-/m0/s1. The number of nitrogens with one attached hydrogen (secondary N) is 3. The smallest absolute Gasteiger partial charge is 0.265 e. The largest absolute Gasteiger partial charge is 0.497 e. The number of carbonyl (C=O) groups excluding carboxylic acids is 2. The maximum absolute atomic E-state index is 12.3. The first-order chi connectivity index (χ1) is 14.5. The van der Waals surface area contributed by atoms with Crippen molar-refractivity contribution >= 4 is 17.5 Å². The Hall–Kier alpha value is -3.88. The maximum atomic E-state index is 12.3. The fourth-order valence-electron chi connectivity index (χ4n) is 2.73. The third kappa shape index (κ3) is 4.93. The van der Waals surface area contributed by atoms with Crippen LogP contribution in [0.2, 0.25) is 0 Å². The van der Waals surface area contributed by atoms with Gasteiger partial charge in [0, 0.05) is 11.6 Å². The van der Waals surface area contributed by atoms with Crippen molar-refractivity contribution < 1.29 is 28.5 Å². The van der Waals surface area contributed by atoms with Crippen LogP contribution in [-0.4, -0.2) is 45.3 Å². The van der Waals surface area contributed by atoms with E-state index in [2.05, 4.69) is 22.7 Å². The number of fused-ring (bicyclic) bond motifs is 1. The number of hydrazine groups is 1. The molecule has 2 aromatic carbocycles. The van der Waals surface area contributed by atoms with Gasteiger partial charge in [0.15, 0.2) is 11.5 Å². The molecule has 1 aliphatic heterocycles. The van der Waals surface area contributed by atoms with E-state index in [1.165, 1.54) is 7.11 Å². The molecule has 1 aliphatic rings. The number of methoxy groups -OCH3 is 2. The highest BCUT2D eigenvalue weighted by Gasteiger charge is 2.27. The van der Waals surface area contributed by atoms with Gasteiger partial charge in [-0.05, 0) is 24.3 Å². The zero-order valence-electron chi connectivity index (χ0n) is 16.7. The van der Waals surface area contributed by atoms with Crippen LogP contribution in [0.4, 0.5) is 0 Å². The molecule has 2 amide bonds. The average molecular weight is 413 g/mol. The van der Waals surface area contributed by atoms with E-state index < -0.39 is 17.9 Å². The Balaban J connectivity index is 1.46. The predicted molar refractivity (Wildman–Crippen MR) is 109 cm³/mol. The van der Waals surface area contributed by atoms with Crippen molar-refractivity contribution in [2.75, 3.05) is 27.4 Å². The van der Waals surface area contributed by atoms with Crippen molar-refractivity contribution in [1.82, 2.24) is 16.2 Å². The van der Waals surface area contributed by atoms with E-state index in [9.17, 15) is 9.59 Å². The van der Waals surface area contributed by atoms with E-state index in [0.717, 1.165) is 0 Å². The minimum absolute atomic E-state index is 0.0663. The first kappa shape index (κ1) is 20.8. The van der Waals surface area contributed by atoms with Crippen LogP contribution in [0, 0.1) is 0 Å². The molecule has 0 spiro atoms. The predicted octanol–water partition coefficient (Wildman–Crippen LogP) is 1.25. The lowest BCUT2D eigenvalue weighted by Crippen LogP contribution is -2.48. The molecule has 0 radical (unpaired) electrons. The normalized spacial score (nSPS) is 14.3. The van der Waals surface area contributed by atoms with Crippen molar-refractivity contribution in [2.45, 2.75) is 6.10 Å². The van der Waals surface area contributed by atoms with Gasteiger partial charge in [-0.1, -0.05) is 18.7 Å². The number of para-hydroxylation sites is 2. The summed E-state index contributed by atoms with van der Waals surface area (Å²) in [6.07, 6.45) is -0.834. The molecular weight excluding hydrogens is 390 g/mol. The van der Waals surface area contributed by atoms with E-state index in [-0.39, 0.29) is 13.2 Å². The summed E-state index contributed by atoms with van der Waals surface area (Å²) in [5, 5.41) is 2.52. The van der Waals surface area contributed by atoms with Gasteiger partial charge in [-0.3, -0.25) is 20.4 Å². The second kappa shape index (κ2) is 9.55. The lowest BCUT2D eigenvalue weighted by molar-refractivity contribution is -0.132. The van der Waals surface area contributed by atoms with Crippen molar-refractivity contribution in [2.24, 2.45) is 0 Å². The highest BCUT2D eigenvalue weighted by Crippen LogP contribution is 2.31. The third-order valence-electron chi connectivity index (χ3n) is 4.31. The van der Waals surface area contributed by atoms with Crippen LogP contribution in [0.15, 0.2) is 49.0 Å². The first-order valence-corrected chi connectivity index (χ1v) is 9.14. The number of benzene rings is 2. The van der Waals surface area contributed by atoms with Gasteiger partial charge in [-0.2, -0.15) is 0 Å². The Morgan fingerprint density at radius 2 is 1.87 bits per heavy atom. The van der Waals surface area contributed by atoms with Gasteiger partial charge in [0.2, 0.25) is 6.10 Å². The second-order valence-electron chi connectivity index (χ2n) is 6.30. The number of ether oxygens (including phenoxy) is 4. The van der Waals surface area contributed by atoms with Gasteiger partial charge in [0.1, 0.15) is 18.1 Å². The van der Waals surface area contributed by atoms with E-state index in [4.69, 9.17) is 18.9 Å². The lowest BCUT2D eigenvalue weighted by Gasteiger charge is -2.25. The molecule has 1 atom stereocenters. The highest BCUT2D eigenvalue weighted by atomic mass is 16.6. The van der Waals surface area contributed by atoms with Gasteiger partial charge in [-0.15, -0.1) is 0 Å². The molecule has 0 aromatic heterocycles. The molecule has 9 heteroatoms. The van der Waals surface area contributed by atoms with Crippen LogP contribution in [-0.2, 0) is 9.59 Å². The summed E-state index contributed by atoms with van der Waals surface area (Å²) in [6.45, 7) is 3.70. The summed E-state index contributed by atoms with van der Waals surface area (Å²) in [6, 6.07) is 12.3. The van der Waals surface area contributed by atoms with Crippen LogP contribution in [0.3, 0.4) is 0 Å². The fourth-order valence-corrected chi connectivity index (χ4v) is 2.73. The topological polar surface area (TPSA) is 107 Å². The minimum atomic E-state index is -0.834. The Morgan fingerprint density at radius 1 is 1.10 bits per heavy atom. The Bertz CT molecular complexity index is 946. The molecule has 3 rings (SSSR count). The van der Waals surface area contributed by atoms with E-state index in [0.29, 0.717) is 34.3 Å². The fraction of sp³-hybridized carbons (Fsp3) is 0.238. The summed E-state index contributed by atoms with van der Waals surface area (Å²) >= 11 is 0. The Labute approximate surface area is 173 Å². The van der Waals surface area contributed by atoms with Gasteiger partial charge in [0.25, 0.3) is 11.8 Å². The van der Waals surface area contributed by atoms with Crippen molar-refractivity contribution in [3.05, 3.63) is 54.6 Å². The summed E-state index contributed by atoms with van der Waals surface area (Å²) in [5.74, 6) is 1.32. The molecule has 9 nitrogen and oxygen atoms in total. The van der Waals surface area contributed by atoms with E-state index >= 15 is 0 Å². The molecule has 30 heavy (non-hydrogen) atoms. The Morgan fingerprint density at radius 3 is 2.60 bits per heavy atom. The molecule has 0 fully saturated rings. The number of carbonyl (C=O) groups is 2. The maximum Gasteiger partial charge on any atom is 0.265 e. The van der Waals surface area contributed by atoms with Crippen LogP contribution in [0.5, 0.6) is 23.0 Å². The average Bonchev–Trinajstić information content (AvgIpc) is 2.80. The van der Waals surface area contributed by atoms with Crippen molar-refractivity contribution in [1.29, 1.82) is 0 Å². The molecule has 0 unspecified atom stereocenters. The van der Waals surface area contributed by atoms with Crippen LogP contribution < -0.4 is 35.1 Å². The van der Waals surface area contributed by atoms with Gasteiger partial charge >= 0.3 is 0 Å².